The van der Waals surface area contributed by atoms with Crippen molar-refractivity contribution in [1.82, 2.24) is 15.0 Å². The number of hydrogen-bond donors (Lipinski definition) is 1. The van der Waals surface area contributed by atoms with E-state index in [0.29, 0.717) is 0 Å². The minimum Gasteiger partial charge on any atom is -0.366 e. The minimum atomic E-state index is 0.760. The van der Waals surface area contributed by atoms with Crippen LogP contribution in [0.15, 0.2) is 54.7 Å². The Balaban J connectivity index is 1.42. The Bertz CT molecular complexity index is 919. The molecule has 0 unspecified atom stereocenters. The summed E-state index contributed by atoms with van der Waals surface area (Å²) < 4.78 is 0. The molecule has 1 N–H and O–H groups in total. The summed E-state index contributed by atoms with van der Waals surface area (Å²) in [4.78, 5) is 18.3. The van der Waals surface area contributed by atoms with E-state index in [2.05, 4.69) is 73.4 Å². The van der Waals surface area contributed by atoms with Crippen LogP contribution in [0.1, 0.15) is 17.0 Å². The molecule has 1 saturated heterocycles. The van der Waals surface area contributed by atoms with E-state index in [1.165, 1.54) is 11.1 Å². The Morgan fingerprint density at radius 2 is 1.57 bits per heavy atom. The van der Waals surface area contributed by atoms with Crippen molar-refractivity contribution in [3.8, 4) is 0 Å². The van der Waals surface area contributed by atoms with Crippen LogP contribution in [0.2, 0.25) is 0 Å². The summed E-state index contributed by atoms with van der Waals surface area (Å²) in [5.74, 6) is 3.69. The molecule has 0 aliphatic carbocycles. The number of pyridine rings is 1. The number of aromatic nitrogens is 3. The van der Waals surface area contributed by atoms with Gasteiger partial charge in [0.25, 0.3) is 0 Å². The second-order valence-corrected chi connectivity index (χ2v) is 7.10. The van der Waals surface area contributed by atoms with Crippen LogP contribution >= 0.6 is 0 Å². The molecule has 0 spiro atoms. The zero-order valence-electron chi connectivity index (χ0n) is 16.5. The van der Waals surface area contributed by atoms with Crippen LogP contribution in [0.3, 0.4) is 0 Å². The van der Waals surface area contributed by atoms with E-state index >= 15 is 0 Å². The lowest BCUT2D eigenvalue weighted by molar-refractivity contribution is 0.640. The molecule has 2 aromatic heterocycles. The maximum atomic E-state index is 4.67. The molecule has 3 heterocycles. The molecule has 0 atom stereocenters. The lowest BCUT2D eigenvalue weighted by Gasteiger charge is -2.36. The second kappa shape index (κ2) is 8.25. The fraction of sp³-hybridized carbons (Fsp3) is 0.318. The number of nitrogens with one attached hydrogen (secondary N) is 1. The third-order valence-corrected chi connectivity index (χ3v) is 5.12. The highest BCUT2D eigenvalue weighted by molar-refractivity contribution is 5.51. The third-order valence-electron chi connectivity index (χ3n) is 5.12. The van der Waals surface area contributed by atoms with Gasteiger partial charge < -0.3 is 15.1 Å². The van der Waals surface area contributed by atoms with Gasteiger partial charge in [0.05, 0.1) is 0 Å². The van der Waals surface area contributed by atoms with Gasteiger partial charge in [-0.15, -0.1) is 0 Å². The van der Waals surface area contributed by atoms with E-state index in [1.54, 1.807) is 0 Å². The Morgan fingerprint density at radius 1 is 0.857 bits per heavy atom. The van der Waals surface area contributed by atoms with Gasteiger partial charge in [-0.2, -0.15) is 0 Å². The highest BCUT2D eigenvalue weighted by Crippen LogP contribution is 2.20. The molecule has 4 rings (SSSR count). The molecule has 0 radical (unpaired) electrons. The van der Waals surface area contributed by atoms with Crippen molar-refractivity contribution in [3.63, 3.8) is 0 Å². The van der Waals surface area contributed by atoms with Crippen LogP contribution in [-0.4, -0.2) is 41.1 Å². The quantitative estimate of drug-likeness (QED) is 0.738. The Morgan fingerprint density at radius 3 is 2.29 bits per heavy atom. The predicted octanol–water partition coefficient (Wildman–Crippen LogP) is 3.43. The van der Waals surface area contributed by atoms with Crippen molar-refractivity contribution >= 4 is 17.5 Å². The van der Waals surface area contributed by atoms with Crippen molar-refractivity contribution < 1.29 is 0 Å². The zero-order valence-corrected chi connectivity index (χ0v) is 16.5. The number of aryl methyl sites for hydroxylation is 2. The van der Waals surface area contributed by atoms with Crippen LogP contribution in [0.4, 0.5) is 17.5 Å². The van der Waals surface area contributed by atoms with Crippen LogP contribution < -0.4 is 15.1 Å². The smallest absolute Gasteiger partial charge is 0.134 e. The van der Waals surface area contributed by atoms with E-state index in [1.807, 2.05) is 25.3 Å². The maximum absolute atomic E-state index is 4.67. The maximum Gasteiger partial charge on any atom is 0.134 e. The van der Waals surface area contributed by atoms with Gasteiger partial charge in [-0.1, -0.05) is 30.3 Å². The first-order chi connectivity index (χ1) is 13.7. The van der Waals surface area contributed by atoms with Crippen molar-refractivity contribution in [1.29, 1.82) is 0 Å². The van der Waals surface area contributed by atoms with E-state index in [4.69, 9.17) is 0 Å². The predicted molar refractivity (Wildman–Crippen MR) is 114 cm³/mol. The molecule has 1 fully saturated rings. The Kier molecular flexibility index (Phi) is 5.37. The molecule has 1 aliphatic heterocycles. The van der Waals surface area contributed by atoms with E-state index in [-0.39, 0.29) is 0 Å². The summed E-state index contributed by atoms with van der Waals surface area (Å²) in [5, 5.41) is 3.46. The first-order valence-electron chi connectivity index (χ1n) is 9.74. The van der Waals surface area contributed by atoms with Gasteiger partial charge in [0.15, 0.2) is 0 Å². The second-order valence-electron chi connectivity index (χ2n) is 7.10. The van der Waals surface area contributed by atoms with Crippen LogP contribution in [0, 0.1) is 13.8 Å². The van der Waals surface area contributed by atoms with Crippen LogP contribution in [0.5, 0.6) is 0 Å². The zero-order chi connectivity index (χ0) is 19.3. The fourth-order valence-corrected chi connectivity index (χ4v) is 3.50. The lowest BCUT2D eigenvalue weighted by Crippen LogP contribution is -2.47. The topological polar surface area (TPSA) is 57.2 Å². The molecule has 1 aromatic carbocycles. The molecule has 6 heteroatoms. The number of benzene rings is 1. The lowest BCUT2D eigenvalue weighted by atomic mass is 10.1. The van der Waals surface area contributed by atoms with Gasteiger partial charge in [0.2, 0.25) is 0 Å². The van der Waals surface area contributed by atoms with Crippen molar-refractivity contribution in [2.75, 3.05) is 41.3 Å². The highest BCUT2D eigenvalue weighted by Gasteiger charge is 2.19. The number of nitrogens with zero attached hydrogens (tertiary/aromatic N) is 5. The monoisotopic (exact) mass is 374 g/mol. The van der Waals surface area contributed by atoms with Gasteiger partial charge in [-0.05, 0) is 37.1 Å². The minimum absolute atomic E-state index is 0.760. The van der Waals surface area contributed by atoms with Crippen molar-refractivity contribution in [2.45, 2.75) is 20.4 Å². The molecular weight excluding hydrogens is 348 g/mol. The molecular formula is C22H26N6. The summed E-state index contributed by atoms with van der Waals surface area (Å²) in [6.07, 6.45) is 1.85. The summed E-state index contributed by atoms with van der Waals surface area (Å²) in [5.41, 5.74) is 2.57. The molecule has 28 heavy (non-hydrogen) atoms. The molecule has 3 aromatic rings. The standard InChI is InChI=1S/C22H26N6/c1-17-7-3-4-8-19(17)16-24-20-15-22(26-18(2)25-20)28-13-11-27(12-14-28)21-9-5-6-10-23-21/h3-10,15H,11-14,16H2,1-2H3,(H,24,25,26). The summed E-state index contributed by atoms with van der Waals surface area (Å²) in [7, 11) is 0. The molecule has 1 aliphatic rings. The average molecular weight is 374 g/mol. The van der Waals surface area contributed by atoms with E-state index in [9.17, 15) is 0 Å². The number of rotatable bonds is 5. The molecule has 6 nitrogen and oxygen atoms in total. The molecule has 144 valence electrons. The number of hydrogen-bond acceptors (Lipinski definition) is 6. The normalized spacial score (nSPS) is 14.2. The van der Waals surface area contributed by atoms with Crippen molar-refractivity contribution in [2.24, 2.45) is 0 Å². The average Bonchev–Trinajstić information content (AvgIpc) is 2.74. The molecule has 0 saturated carbocycles. The van der Waals surface area contributed by atoms with Gasteiger partial charge in [-0.25, -0.2) is 15.0 Å². The van der Waals surface area contributed by atoms with Crippen LogP contribution in [0.25, 0.3) is 0 Å². The SMILES string of the molecule is Cc1nc(NCc2ccccc2C)cc(N2CCN(c3ccccn3)CC2)n1. The number of piperazine rings is 1. The highest BCUT2D eigenvalue weighted by atomic mass is 15.3. The van der Waals surface area contributed by atoms with E-state index < -0.39 is 0 Å². The van der Waals surface area contributed by atoms with Gasteiger partial charge in [0, 0.05) is 45.0 Å². The van der Waals surface area contributed by atoms with Crippen molar-refractivity contribution in [3.05, 3.63) is 71.7 Å². The Hall–Kier alpha value is -3.15. The van der Waals surface area contributed by atoms with Gasteiger partial charge in [-0.3, -0.25) is 0 Å². The first-order valence-corrected chi connectivity index (χ1v) is 9.74. The summed E-state index contributed by atoms with van der Waals surface area (Å²) in [6, 6.07) is 16.5. The van der Waals surface area contributed by atoms with Gasteiger partial charge >= 0.3 is 0 Å². The van der Waals surface area contributed by atoms with Gasteiger partial charge in [0.1, 0.15) is 23.3 Å². The molecule has 0 amide bonds. The molecule has 0 bridgehead atoms. The third kappa shape index (κ3) is 4.22. The largest absolute Gasteiger partial charge is 0.366 e. The van der Waals surface area contributed by atoms with E-state index in [0.717, 1.165) is 56.0 Å². The summed E-state index contributed by atoms with van der Waals surface area (Å²) in [6.45, 7) is 8.56. The fourth-order valence-electron chi connectivity index (χ4n) is 3.50. The first kappa shape index (κ1) is 18.2. The Labute approximate surface area is 166 Å². The van der Waals surface area contributed by atoms with Crippen LogP contribution in [-0.2, 0) is 6.54 Å². The summed E-state index contributed by atoms with van der Waals surface area (Å²) >= 11 is 0. The number of anilines is 3.